The smallest absolute Gasteiger partial charge is 0.139 e. The van der Waals surface area contributed by atoms with Gasteiger partial charge in [0.2, 0.25) is 0 Å². The summed E-state index contributed by atoms with van der Waals surface area (Å²) in [5, 5.41) is 4.46. The number of benzene rings is 1. The average molecular weight is 302 g/mol. The Morgan fingerprint density at radius 2 is 2.16 bits per heavy atom. The first-order valence-electron chi connectivity index (χ1n) is 6.89. The fourth-order valence-corrected chi connectivity index (χ4v) is 2.87. The predicted octanol–water partition coefficient (Wildman–Crippen LogP) is 4.40. The number of halogens is 2. The zero-order valence-electron chi connectivity index (χ0n) is 11.5. The molecule has 0 unspecified atom stereocenters. The Kier molecular flexibility index (Phi) is 5.37. The Hall–Kier alpha value is -0.440. The van der Waals surface area contributed by atoms with Crippen LogP contribution >= 0.6 is 23.2 Å². The minimum absolute atomic E-state index is 0.200. The molecule has 1 aromatic carbocycles. The van der Waals surface area contributed by atoms with E-state index in [0.29, 0.717) is 27.6 Å². The van der Waals surface area contributed by atoms with Gasteiger partial charge in [-0.1, -0.05) is 43.1 Å². The lowest BCUT2D eigenvalue weighted by Gasteiger charge is -2.26. The van der Waals surface area contributed by atoms with Crippen molar-refractivity contribution in [3.63, 3.8) is 0 Å². The Morgan fingerprint density at radius 3 is 2.79 bits per heavy atom. The van der Waals surface area contributed by atoms with Crippen molar-refractivity contribution in [3.05, 3.63) is 28.2 Å². The minimum Gasteiger partial charge on any atom is -0.488 e. The van der Waals surface area contributed by atoms with E-state index in [1.165, 1.54) is 0 Å². The third-order valence-electron chi connectivity index (χ3n) is 3.52. The van der Waals surface area contributed by atoms with Crippen LogP contribution in [0.3, 0.4) is 0 Å². The van der Waals surface area contributed by atoms with Crippen LogP contribution in [0.25, 0.3) is 0 Å². The van der Waals surface area contributed by atoms with Gasteiger partial charge in [0.1, 0.15) is 16.9 Å². The van der Waals surface area contributed by atoms with Crippen LogP contribution in [-0.2, 0) is 0 Å². The largest absolute Gasteiger partial charge is 0.488 e. The first kappa shape index (κ1) is 15.0. The maximum atomic E-state index is 6.21. The lowest BCUT2D eigenvalue weighted by molar-refractivity contribution is 0.120. The van der Waals surface area contributed by atoms with Crippen LogP contribution < -0.4 is 10.1 Å². The van der Waals surface area contributed by atoms with Crippen molar-refractivity contribution in [3.8, 4) is 5.75 Å². The topological polar surface area (TPSA) is 21.3 Å². The molecule has 2 nitrogen and oxygen atoms in total. The monoisotopic (exact) mass is 301 g/mol. The summed E-state index contributed by atoms with van der Waals surface area (Å²) in [4.78, 5) is 0. The van der Waals surface area contributed by atoms with Gasteiger partial charge in [0.15, 0.2) is 0 Å². The van der Waals surface area contributed by atoms with Crippen LogP contribution in [0.5, 0.6) is 5.75 Å². The van der Waals surface area contributed by atoms with E-state index >= 15 is 0 Å². The molecule has 1 aliphatic rings. The second kappa shape index (κ2) is 6.83. The summed E-state index contributed by atoms with van der Waals surface area (Å²) in [5.74, 6) is 1.85. The van der Waals surface area contributed by atoms with Gasteiger partial charge in [-0.3, -0.25) is 0 Å². The van der Waals surface area contributed by atoms with Crippen molar-refractivity contribution < 1.29 is 4.74 Å². The summed E-state index contributed by atoms with van der Waals surface area (Å²) in [6.07, 6.45) is 2.40. The fourth-order valence-electron chi connectivity index (χ4n) is 2.53. The second-order valence-electron chi connectivity index (χ2n) is 5.59. The van der Waals surface area contributed by atoms with Crippen molar-refractivity contribution in [2.45, 2.75) is 32.8 Å². The summed E-state index contributed by atoms with van der Waals surface area (Å²) in [6, 6.07) is 5.55. The SMILES string of the molecule is CC(C)C[C@H](Oc1cccc(Cl)c1Cl)[C@H]1CCNC1. The number of hydrogen-bond acceptors (Lipinski definition) is 2. The van der Waals surface area contributed by atoms with Gasteiger partial charge in [0.05, 0.1) is 5.02 Å². The highest BCUT2D eigenvalue weighted by Crippen LogP contribution is 2.34. The van der Waals surface area contributed by atoms with Crippen LogP contribution in [0, 0.1) is 11.8 Å². The first-order valence-corrected chi connectivity index (χ1v) is 7.65. The molecule has 0 bridgehead atoms. The van der Waals surface area contributed by atoms with Crippen LogP contribution in [0.2, 0.25) is 10.0 Å². The Balaban J connectivity index is 2.12. The zero-order chi connectivity index (χ0) is 13.8. The molecule has 0 aromatic heterocycles. The third-order valence-corrected chi connectivity index (χ3v) is 4.32. The standard InChI is InChI=1S/C15H21Cl2NO/c1-10(2)8-14(11-6-7-18-9-11)19-13-5-3-4-12(16)15(13)17/h3-5,10-11,14,18H,6-9H2,1-2H3/t11-,14-/m0/s1. The average Bonchev–Trinajstić information content (AvgIpc) is 2.87. The van der Waals surface area contributed by atoms with Gasteiger partial charge >= 0.3 is 0 Å². The van der Waals surface area contributed by atoms with Crippen molar-refractivity contribution in [2.24, 2.45) is 11.8 Å². The molecule has 1 aliphatic heterocycles. The van der Waals surface area contributed by atoms with Gasteiger partial charge in [0, 0.05) is 12.5 Å². The van der Waals surface area contributed by atoms with Crippen LogP contribution in [-0.4, -0.2) is 19.2 Å². The second-order valence-corrected chi connectivity index (χ2v) is 6.38. The van der Waals surface area contributed by atoms with Crippen LogP contribution in [0.1, 0.15) is 26.7 Å². The Labute approximate surface area is 125 Å². The van der Waals surface area contributed by atoms with Crippen LogP contribution in [0.4, 0.5) is 0 Å². The van der Waals surface area contributed by atoms with Gasteiger partial charge in [-0.2, -0.15) is 0 Å². The lowest BCUT2D eigenvalue weighted by atomic mass is 9.93. The molecule has 1 aromatic rings. The summed E-state index contributed by atoms with van der Waals surface area (Å²) >= 11 is 12.2. The molecule has 2 rings (SSSR count). The van der Waals surface area contributed by atoms with Crippen molar-refractivity contribution >= 4 is 23.2 Å². The highest BCUT2D eigenvalue weighted by atomic mass is 35.5. The fraction of sp³-hybridized carbons (Fsp3) is 0.600. The quantitative estimate of drug-likeness (QED) is 0.870. The number of rotatable bonds is 5. The molecular formula is C15H21Cl2NO. The molecule has 19 heavy (non-hydrogen) atoms. The highest BCUT2D eigenvalue weighted by molar-refractivity contribution is 6.42. The molecule has 4 heteroatoms. The third kappa shape index (κ3) is 4.01. The molecular weight excluding hydrogens is 281 g/mol. The van der Waals surface area contributed by atoms with E-state index in [0.717, 1.165) is 25.9 Å². The van der Waals surface area contributed by atoms with Gasteiger partial charge in [-0.15, -0.1) is 0 Å². The minimum atomic E-state index is 0.200. The molecule has 106 valence electrons. The van der Waals surface area contributed by atoms with Crippen LogP contribution in [0.15, 0.2) is 18.2 Å². The summed E-state index contributed by atoms with van der Waals surface area (Å²) in [6.45, 7) is 6.54. The Bertz CT molecular complexity index is 417. The van der Waals surface area contributed by atoms with Gasteiger partial charge in [0.25, 0.3) is 0 Å². The van der Waals surface area contributed by atoms with E-state index in [4.69, 9.17) is 27.9 Å². The molecule has 1 N–H and O–H groups in total. The van der Waals surface area contributed by atoms with Crippen molar-refractivity contribution in [1.82, 2.24) is 5.32 Å². The van der Waals surface area contributed by atoms with Gasteiger partial charge < -0.3 is 10.1 Å². The first-order chi connectivity index (χ1) is 9.08. The molecule has 2 atom stereocenters. The van der Waals surface area contributed by atoms with E-state index < -0.39 is 0 Å². The van der Waals surface area contributed by atoms with Crippen molar-refractivity contribution in [2.75, 3.05) is 13.1 Å². The maximum absolute atomic E-state index is 6.21. The van der Waals surface area contributed by atoms with Gasteiger partial charge in [-0.05, 0) is 37.4 Å². The number of ether oxygens (including phenoxy) is 1. The summed E-state index contributed by atoms with van der Waals surface area (Å²) in [7, 11) is 0. The highest BCUT2D eigenvalue weighted by Gasteiger charge is 2.27. The van der Waals surface area contributed by atoms with Gasteiger partial charge in [-0.25, -0.2) is 0 Å². The molecule has 0 radical (unpaired) electrons. The molecule has 0 saturated carbocycles. The Morgan fingerprint density at radius 1 is 1.37 bits per heavy atom. The molecule has 1 heterocycles. The van der Waals surface area contributed by atoms with E-state index in [1.807, 2.05) is 12.1 Å². The summed E-state index contributed by atoms with van der Waals surface area (Å²) in [5.41, 5.74) is 0. The van der Waals surface area contributed by atoms with E-state index in [2.05, 4.69) is 19.2 Å². The predicted molar refractivity (Wildman–Crippen MR) is 81.3 cm³/mol. The number of hydrogen-bond donors (Lipinski definition) is 1. The molecule has 0 spiro atoms. The van der Waals surface area contributed by atoms with Crippen molar-refractivity contribution in [1.29, 1.82) is 0 Å². The normalized spacial score (nSPS) is 20.8. The summed E-state index contributed by atoms with van der Waals surface area (Å²) < 4.78 is 6.16. The zero-order valence-corrected chi connectivity index (χ0v) is 13.0. The molecule has 1 fully saturated rings. The molecule has 0 amide bonds. The van der Waals surface area contributed by atoms with E-state index in [9.17, 15) is 0 Å². The van der Waals surface area contributed by atoms with E-state index in [1.54, 1.807) is 6.07 Å². The maximum Gasteiger partial charge on any atom is 0.139 e. The lowest BCUT2D eigenvalue weighted by Crippen LogP contribution is -2.30. The van der Waals surface area contributed by atoms with E-state index in [-0.39, 0.29) is 6.10 Å². The molecule has 1 saturated heterocycles. The molecule has 0 aliphatic carbocycles. The number of nitrogens with one attached hydrogen (secondary N) is 1.